The molecule has 0 aliphatic carbocycles. The van der Waals surface area contributed by atoms with Crippen LogP contribution in [0.5, 0.6) is 0 Å². The fourth-order valence-corrected chi connectivity index (χ4v) is 1.73. The fraction of sp³-hybridized carbons (Fsp3) is 0.250. The second kappa shape index (κ2) is 4.14. The van der Waals surface area contributed by atoms with E-state index >= 15 is 0 Å². The first kappa shape index (κ1) is 12.1. The van der Waals surface area contributed by atoms with Gasteiger partial charge in [0.2, 0.25) is 0 Å². The molecule has 0 unspecified atom stereocenters. The molecule has 2 rings (SSSR count). The number of nitrogens with two attached hydrogens (primary N) is 1. The van der Waals surface area contributed by atoms with E-state index in [4.69, 9.17) is 5.73 Å². The van der Waals surface area contributed by atoms with E-state index in [0.717, 1.165) is 17.0 Å². The molecule has 0 spiro atoms. The van der Waals surface area contributed by atoms with Crippen LogP contribution in [0.15, 0.2) is 12.3 Å². The van der Waals surface area contributed by atoms with Gasteiger partial charge in [-0.15, -0.1) is 0 Å². The maximum Gasteiger partial charge on any atom is 0.339 e. The highest BCUT2D eigenvalue weighted by Crippen LogP contribution is 2.19. The Bertz CT molecular complexity index is 631. The lowest BCUT2D eigenvalue weighted by Crippen LogP contribution is -2.11. The van der Waals surface area contributed by atoms with Crippen LogP contribution in [0.3, 0.4) is 0 Å². The van der Waals surface area contributed by atoms with Gasteiger partial charge in [0, 0.05) is 5.69 Å². The Hall–Kier alpha value is -2.37. The second-order valence-electron chi connectivity index (χ2n) is 4.15. The standard InChI is InChI=1S/C12H14N4O2/c1-6-7(2)15-16(8(6)3)11-10(12(17)18)4-9(13)5-14-11/h4-5H,13H2,1-3H3,(H,17,18). The SMILES string of the molecule is Cc1nn(-c2ncc(N)cc2C(=O)O)c(C)c1C. The van der Waals surface area contributed by atoms with E-state index in [9.17, 15) is 9.90 Å². The number of aryl methyl sites for hydroxylation is 1. The van der Waals surface area contributed by atoms with E-state index < -0.39 is 5.97 Å². The van der Waals surface area contributed by atoms with Crippen LogP contribution in [-0.4, -0.2) is 25.8 Å². The summed E-state index contributed by atoms with van der Waals surface area (Å²) in [5, 5.41) is 13.5. The first-order valence-corrected chi connectivity index (χ1v) is 5.44. The molecule has 94 valence electrons. The average molecular weight is 246 g/mol. The Morgan fingerprint density at radius 3 is 2.56 bits per heavy atom. The van der Waals surface area contributed by atoms with Crippen LogP contribution in [0.4, 0.5) is 5.69 Å². The molecule has 0 fully saturated rings. The van der Waals surface area contributed by atoms with Crippen LogP contribution in [0.2, 0.25) is 0 Å². The first-order chi connectivity index (χ1) is 8.41. The van der Waals surface area contributed by atoms with Crippen LogP contribution in [0.1, 0.15) is 27.3 Å². The Morgan fingerprint density at radius 1 is 1.39 bits per heavy atom. The maximum atomic E-state index is 11.2. The van der Waals surface area contributed by atoms with Crippen molar-refractivity contribution < 1.29 is 9.90 Å². The number of carboxylic acids is 1. The van der Waals surface area contributed by atoms with Gasteiger partial charge in [0.15, 0.2) is 5.82 Å². The molecule has 0 aliphatic rings. The Kier molecular flexibility index (Phi) is 2.78. The predicted molar refractivity (Wildman–Crippen MR) is 66.9 cm³/mol. The van der Waals surface area contributed by atoms with Gasteiger partial charge >= 0.3 is 5.97 Å². The molecular formula is C12H14N4O2. The number of nitrogen functional groups attached to an aromatic ring is 1. The number of carbonyl (C=O) groups is 1. The zero-order valence-electron chi connectivity index (χ0n) is 10.4. The first-order valence-electron chi connectivity index (χ1n) is 5.44. The topological polar surface area (TPSA) is 94.0 Å². The lowest BCUT2D eigenvalue weighted by molar-refractivity contribution is 0.0696. The summed E-state index contributed by atoms with van der Waals surface area (Å²) >= 11 is 0. The van der Waals surface area contributed by atoms with Gasteiger partial charge in [0.1, 0.15) is 5.56 Å². The highest BCUT2D eigenvalue weighted by atomic mass is 16.4. The lowest BCUT2D eigenvalue weighted by atomic mass is 10.2. The van der Waals surface area contributed by atoms with Crippen molar-refractivity contribution in [2.24, 2.45) is 0 Å². The number of nitrogens with zero attached hydrogens (tertiary/aromatic N) is 3. The predicted octanol–water partition coefficient (Wildman–Crippen LogP) is 1.47. The van der Waals surface area contributed by atoms with Gasteiger partial charge in [-0.1, -0.05) is 0 Å². The maximum absolute atomic E-state index is 11.2. The molecule has 0 aromatic carbocycles. The highest BCUT2D eigenvalue weighted by Gasteiger charge is 2.17. The van der Waals surface area contributed by atoms with Crippen molar-refractivity contribution in [3.63, 3.8) is 0 Å². The lowest BCUT2D eigenvalue weighted by Gasteiger charge is -2.07. The van der Waals surface area contributed by atoms with E-state index in [1.54, 1.807) is 0 Å². The third-order valence-corrected chi connectivity index (χ3v) is 2.97. The summed E-state index contributed by atoms with van der Waals surface area (Å²) < 4.78 is 1.54. The van der Waals surface area contributed by atoms with Gasteiger partial charge in [-0.05, 0) is 32.4 Å². The molecule has 0 saturated heterocycles. The average Bonchev–Trinajstić information content (AvgIpc) is 2.57. The van der Waals surface area contributed by atoms with Crippen molar-refractivity contribution in [2.75, 3.05) is 5.73 Å². The normalized spacial score (nSPS) is 10.6. The largest absolute Gasteiger partial charge is 0.478 e. The van der Waals surface area contributed by atoms with Crippen molar-refractivity contribution in [3.8, 4) is 5.82 Å². The Labute approximate surface area is 104 Å². The number of aromatic nitrogens is 3. The number of aromatic carboxylic acids is 1. The summed E-state index contributed by atoms with van der Waals surface area (Å²) in [5.74, 6) is -0.791. The summed E-state index contributed by atoms with van der Waals surface area (Å²) in [5.41, 5.74) is 8.65. The van der Waals surface area contributed by atoms with Gasteiger partial charge < -0.3 is 10.8 Å². The van der Waals surface area contributed by atoms with E-state index in [0.29, 0.717) is 5.69 Å². The van der Waals surface area contributed by atoms with E-state index in [1.165, 1.54) is 16.9 Å². The van der Waals surface area contributed by atoms with Crippen LogP contribution >= 0.6 is 0 Å². The Morgan fingerprint density at radius 2 is 2.06 bits per heavy atom. The number of hydrogen-bond acceptors (Lipinski definition) is 4. The van der Waals surface area contributed by atoms with Crippen LogP contribution in [0.25, 0.3) is 5.82 Å². The number of pyridine rings is 1. The molecule has 0 saturated carbocycles. The summed E-state index contributed by atoms with van der Waals surface area (Å²) in [7, 11) is 0. The minimum absolute atomic E-state index is 0.0422. The molecule has 3 N–H and O–H groups in total. The van der Waals surface area contributed by atoms with Crippen LogP contribution in [-0.2, 0) is 0 Å². The van der Waals surface area contributed by atoms with E-state index in [1.807, 2.05) is 20.8 Å². The van der Waals surface area contributed by atoms with E-state index in [2.05, 4.69) is 10.1 Å². The number of hydrogen-bond donors (Lipinski definition) is 2. The van der Waals surface area contributed by atoms with Crippen molar-refractivity contribution in [1.82, 2.24) is 14.8 Å². The van der Waals surface area contributed by atoms with Gasteiger partial charge in [-0.25, -0.2) is 14.5 Å². The van der Waals surface area contributed by atoms with Crippen molar-refractivity contribution >= 4 is 11.7 Å². The third-order valence-electron chi connectivity index (χ3n) is 2.97. The molecule has 2 aromatic heterocycles. The molecule has 0 bridgehead atoms. The minimum atomic E-state index is -1.07. The molecule has 18 heavy (non-hydrogen) atoms. The van der Waals surface area contributed by atoms with Gasteiger partial charge in [0.05, 0.1) is 17.6 Å². The van der Waals surface area contributed by atoms with Gasteiger partial charge in [-0.2, -0.15) is 5.10 Å². The second-order valence-corrected chi connectivity index (χ2v) is 4.15. The smallest absolute Gasteiger partial charge is 0.339 e. The monoisotopic (exact) mass is 246 g/mol. The molecule has 2 heterocycles. The number of rotatable bonds is 2. The fourth-order valence-electron chi connectivity index (χ4n) is 1.73. The molecule has 6 heteroatoms. The van der Waals surface area contributed by atoms with Gasteiger partial charge in [-0.3, -0.25) is 0 Å². The van der Waals surface area contributed by atoms with Crippen LogP contribution in [0, 0.1) is 20.8 Å². The van der Waals surface area contributed by atoms with Crippen molar-refractivity contribution in [2.45, 2.75) is 20.8 Å². The quantitative estimate of drug-likeness (QED) is 0.836. The summed E-state index contributed by atoms with van der Waals surface area (Å²) in [6.07, 6.45) is 1.42. The molecular weight excluding hydrogens is 232 g/mol. The molecule has 0 atom stereocenters. The number of carboxylic acid groups (broad SMARTS) is 1. The van der Waals surface area contributed by atoms with Crippen molar-refractivity contribution in [1.29, 1.82) is 0 Å². The molecule has 6 nitrogen and oxygen atoms in total. The zero-order valence-corrected chi connectivity index (χ0v) is 10.4. The molecule has 0 amide bonds. The molecule has 0 radical (unpaired) electrons. The summed E-state index contributed by atoms with van der Waals surface area (Å²) in [4.78, 5) is 15.3. The highest BCUT2D eigenvalue weighted by molar-refractivity contribution is 5.92. The summed E-state index contributed by atoms with van der Waals surface area (Å²) in [6.45, 7) is 5.68. The zero-order chi connectivity index (χ0) is 13.4. The van der Waals surface area contributed by atoms with Crippen LogP contribution < -0.4 is 5.73 Å². The van der Waals surface area contributed by atoms with Crippen molar-refractivity contribution in [3.05, 3.63) is 34.8 Å². The molecule has 0 aliphatic heterocycles. The number of anilines is 1. The molecule has 2 aromatic rings. The minimum Gasteiger partial charge on any atom is -0.478 e. The van der Waals surface area contributed by atoms with E-state index in [-0.39, 0.29) is 11.4 Å². The summed E-state index contributed by atoms with van der Waals surface area (Å²) in [6, 6.07) is 1.39. The van der Waals surface area contributed by atoms with Gasteiger partial charge in [0.25, 0.3) is 0 Å². The Balaban J connectivity index is 2.71. The third kappa shape index (κ3) is 1.81.